The third-order valence-electron chi connectivity index (χ3n) is 2.71. The second kappa shape index (κ2) is 5.96. The van der Waals surface area contributed by atoms with E-state index in [1.165, 1.54) is 0 Å². The maximum absolute atomic E-state index is 12.3. The standard InChI is InChI=1S/C9H11F3N2O6S2/c1-13(22(19,20)9(10,11)12)21(17,18)6-2-5-14-7(15)3-4-8(14)16/h3-4H,2,5-6H2,1H3. The van der Waals surface area contributed by atoms with Gasteiger partial charge in [-0.3, -0.25) is 14.5 Å². The molecule has 0 spiro atoms. The summed E-state index contributed by atoms with van der Waals surface area (Å²) in [6, 6.07) is 0. The largest absolute Gasteiger partial charge is 0.512 e. The topological polar surface area (TPSA) is 109 Å². The molecule has 2 amide bonds. The molecule has 0 N–H and O–H groups in total. The molecule has 1 rings (SSSR count). The van der Waals surface area contributed by atoms with Crippen LogP contribution in [0, 0.1) is 0 Å². The van der Waals surface area contributed by atoms with Crippen molar-refractivity contribution >= 4 is 31.9 Å². The van der Waals surface area contributed by atoms with Gasteiger partial charge in [0, 0.05) is 25.7 Å². The molecule has 0 saturated heterocycles. The van der Waals surface area contributed by atoms with Crippen LogP contribution in [0.3, 0.4) is 0 Å². The number of imide groups is 1. The second-order valence-corrected chi connectivity index (χ2v) is 8.47. The number of halogens is 3. The van der Waals surface area contributed by atoms with E-state index < -0.39 is 53.3 Å². The van der Waals surface area contributed by atoms with E-state index in [1.807, 2.05) is 0 Å². The smallest absolute Gasteiger partial charge is 0.275 e. The molecule has 0 aromatic carbocycles. The predicted molar refractivity (Wildman–Crippen MR) is 67.0 cm³/mol. The number of hydrogen-bond donors (Lipinski definition) is 0. The molecule has 22 heavy (non-hydrogen) atoms. The summed E-state index contributed by atoms with van der Waals surface area (Å²) >= 11 is 0. The van der Waals surface area contributed by atoms with Crippen molar-refractivity contribution in [3.8, 4) is 0 Å². The van der Waals surface area contributed by atoms with Gasteiger partial charge < -0.3 is 0 Å². The van der Waals surface area contributed by atoms with Crippen molar-refractivity contribution in [3.05, 3.63) is 12.2 Å². The molecule has 0 saturated carbocycles. The summed E-state index contributed by atoms with van der Waals surface area (Å²) in [6.07, 6.45) is 1.51. The molecule has 0 radical (unpaired) electrons. The van der Waals surface area contributed by atoms with E-state index in [0.717, 1.165) is 12.2 Å². The van der Waals surface area contributed by atoms with Gasteiger partial charge in [0.2, 0.25) is 10.0 Å². The molecule has 0 atom stereocenters. The van der Waals surface area contributed by atoms with E-state index in [1.54, 1.807) is 0 Å². The first-order valence-electron chi connectivity index (χ1n) is 5.62. The maximum Gasteiger partial charge on any atom is 0.512 e. The van der Waals surface area contributed by atoms with Gasteiger partial charge >= 0.3 is 15.5 Å². The number of carbonyl (C=O) groups is 2. The molecule has 0 fully saturated rings. The highest BCUT2D eigenvalue weighted by atomic mass is 32.3. The van der Waals surface area contributed by atoms with Crippen LogP contribution in [0.5, 0.6) is 0 Å². The third-order valence-corrected chi connectivity index (χ3v) is 6.83. The van der Waals surface area contributed by atoms with E-state index in [9.17, 15) is 39.6 Å². The molecule has 1 heterocycles. The average Bonchev–Trinajstić information content (AvgIpc) is 2.67. The molecule has 0 aromatic heterocycles. The second-order valence-electron chi connectivity index (χ2n) is 4.16. The van der Waals surface area contributed by atoms with Gasteiger partial charge in [0.25, 0.3) is 11.8 Å². The SMILES string of the molecule is CN(S(=O)(=O)CCCN1C(=O)C=CC1=O)S(=O)(=O)C(F)(F)F. The first-order valence-corrected chi connectivity index (χ1v) is 8.67. The van der Waals surface area contributed by atoms with Crippen LogP contribution in [-0.4, -0.2) is 62.1 Å². The summed E-state index contributed by atoms with van der Waals surface area (Å²) in [5.74, 6) is -2.34. The van der Waals surface area contributed by atoms with Crippen LogP contribution < -0.4 is 0 Å². The third kappa shape index (κ3) is 3.64. The van der Waals surface area contributed by atoms with Gasteiger partial charge in [0.1, 0.15) is 0 Å². The number of rotatable bonds is 6. The Kier molecular flexibility index (Phi) is 5.04. The molecule has 126 valence electrons. The van der Waals surface area contributed by atoms with E-state index in [4.69, 9.17) is 0 Å². The zero-order chi connectivity index (χ0) is 17.3. The van der Waals surface area contributed by atoms with Crippen LogP contribution in [0.1, 0.15) is 6.42 Å². The lowest BCUT2D eigenvalue weighted by Gasteiger charge is -2.19. The molecular weight excluding hydrogens is 353 g/mol. The van der Waals surface area contributed by atoms with Crippen LogP contribution >= 0.6 is 0 Å². The molecule has 1 aliphatic heterocycles. The van der Waals surface area contributed by atoms with E-state index >= 15 is 0 Å². The molecule has 0 bridgehead atoms. The van der Waals surface area contributed by atoms with Gasteiger partial charge in [-0.25, -0.2) is 16.8 Å². The van der Waals surface area contributed by atoms with Crippen molar-refractivity contribution < 1.29 is 39.6 Å². The monoisotopic (exact) mass is 364 g/mol. The van der Waals surface area contributed by atoms with Crippen LogP contribution in [0.4, 0.5) is 13.2 Å². The van der Waals surface area contributed by atoms with Crippen LogP contribution in [0.25, 0.3) is 0 Å². The fourth-order valence-corrected chi connectivity index (χ4v) is 4.20. The minimum Gasteiger partial charge on any atom is -0.275 e. The molecular formula is C9H11F3N2O6S2. The van der Waals surface area contributed by atoms with E-state index in [-0.39, 0.29) is 13.6 Å². The van der Waals surface area contributed by atoms with Gasteiger partial charge in [-0.2, -0.15) is 13.2 Å². The number of sulfonamides is 2. The summed E-state index contributed by atoms with van der Waals surface area (Å²) < 4.78 is 81.3. The molecule has 13 heteroatoms. The minimum atomic E-state index is -6.02. The quantitative estimate of drug-likeness (QED) is 0.583. The van der Waals surface area contributed by atoms with Crippen molar-refractivity contribution in [1.82, 2.24) is 8.61 Å². The van der Waals surface area contributed by atoms with Crippen molar-refractivity contribution in [3.63, 3.8) is 0 Å². The van der Waals surface area contributed by atoms with Crippen LogP contribution in [-0.2, 0) is 29.6 Å². The first kappa shape index (κ1) is 18.6. The number of carbonyl (C=O) groups excluding carboxylic acids is 2. The summed E-state index contributed by atoms with van der Waals surface area (Å²) in [7, 11) is -10.5. The van der Waals surface area contributed by atoms with Gasteiger partial charge in [0.15, 0.2) is 0 Å². The highest BCUT2D eigenvalue weighted by Crippen LogP contribution is 2.27. The van der Waals surface area contributed by atoms with Crippen molar-refractivity contribution in [1.29, 1.82) is 0 Å². The Hall–Kier alpha value is -1.47. The van der Waals surface area contributed by atoms with E-state index in [0.29, 0.717) is 4.90 Å². The van der Waals surface area contributed by atoms with Crippen molar-refractivity contribution in [2.75, 3.05) is 19.3 Å². The fraction of sp³-hybridized carbons (Fsp3) is 0.556. The number of amides is 2. The normalized spacial score (nSPS) is 16.9. The predicted octanol–water partition coefficient (Wildman–Crippen LogP) is -0.587. The summed E-state index contributed by atoms with van der Waals surface area (Å²) in [4.78, 5) is 23.0. The van der Waals surface area contributed by atoms with Crippen LogP contribution in [0.15, 0.2) is 12.2 Å². The Labute approximate surface area is 124 Å². The Morgan fingerprint density at radius 3 is 1.95 bits per heavy atom. The van der Waals surface area contributed by atoms with E-state index in [2.05, 4.69) is 0 Å². The number of nitrogens with zero attached hydrogens (tertiary/aromatic N) is 2. The first-order chi connectivity index (χ1) is 9.80. The summed E-state index contributed by atoms with van der Waals surface area (Å²) in [5, 5.41) is 0. The van der Waals surface area contributed by atoms with Crippen LogP contribution in [0.2, 0.25) is 0 Å². The fourth-order valence-electron chi connectivity index (χ4n) is 1.48. The molecule has 0 unspecified atom stereocenters. The maximum atomic E-state index is 12.3. The van der Waals surface area contributed by atoms with Gasteiger partial charge in [-0.1, -0.05) is 3.71 Å². The lowest BCUT2D eigenvalue weighted by Crippen LogP contribution is -2.43. The Morgan fingerprint density at radius 2 is 1.55 bits per heavy atom. The zero-order valence-corrected chi connectivity index (χ0v) is 12.7. The highest BCUT2D eigenvalue weighted by Gasteiger charge is 2.52. The van der Waals surface area contributed by atoms with Gasteiger partial charge in [-0.15, -0.1) is 0 Å². The molecule has 8 nitrogen and oxygen atoms in total. The number of hydrogen-bond acceptors (Lipinski definition) is 6. The van der Waals surface area contributed by atoms with Crippen molar-refractivity contribution in [2.24, 2.45) is 0 Å². The highest BCUT2D eigenvalue weighted by molar-refractivity contribution is 8.04. The Balaban J connectivity index is 2.73. The lowest BCUT2D eigenvalue weighted by atomic mass is 10.4. The summed E-state index contributed by atoms with van der Waals surface area (Å²) in [6.45, 7) is -0.357. The lowest BCUT2D eigenvalue weighted by molar-refractivity contribution is -0.136. The molecule has 1 aliphatic rings. The van der Waals surface area contributed by atoms with Crippen molar-refractivity contribution in [2.45, 2.75) is 11.9 Å². The average molecular weight is 364 g/mol. The summed E-state index contributed by atoms with van der Waals surface area (Å²) in [5.41, 5.74) is -5.75. The molecule has 0 aromatic rings. The number of alkyl halides is 3. The Bertz CT molecular complexity index is 692. The molecule has 0 aliphatic carbocycles. The Morgan fingerprint density at radius 1 is 1.09 bits per heavy atom. The zero-order valence-electron chi connectivity index (χ0n) is 11.1. The van der Waals surface area contributed by atoms with Gasteiger partial charge in [0.05, 0.1) is 5.75 Å². The minimum absolute atomic E-state index is 0.270. The van der Waals surface area contributed by atoms with Gasteiger partial charge in [-0.05, 0) is 6.42 Å².